The van der Waals surface area contributed by atoms with Crippen molar-refractivity contribution in [1.29, 1.82) is 0 Å². The van der Waals surface area contributed by atoms with E-state index in [2.05, 4.69) is 27.1 Å². The van der Waals surface area contributed by atoms with Gasteiger partial charge in [-0.05, 0) is 12.1 Å². The summed E-state index contributed by atoms with van der Waals surface area (Å²) in [5, 5.41) is 4.31. The Morgan fingerprint density at radius 1 is 1.25 bits per heavy atom. The first-order chi connectivity index (χ1) is 9.30. The van der Waals surface area contributed by atoms with Crippen molar-refractivity contribution in [1.82, 2.24) is 10.2 Å². The molecule has 20 heavy (non-hydrogen) atoms. The van der Waals surface area contributed by atoms with Gasteiger partial charge in [0.1, 0.15) is 5.75 Å². The lowest BCUT2D eigenvalue weighted by Gasteiger charge is -2.09. The van der Waals surface area contributed by atoms with E-state index in [0.717, 1.165) is 0 Å². The van der Waals surface area contributed by atoms with Gasteiger partial charge in [-0.25, -0.2) is 8.42 Å². The van der Waals surface area contributed by atoms with Crippen LogP contribution in [0.2, 0.25) is 0 Å². The summed E-state index contributed by atoms with van der Waals surface area (Å²) >= 11 is 4.54. The Hall–Kier alpha value is -2.20. The van der Waals surface area contributed by atoms with E-state index in [1.165, 1.54) is 18.2 Å². The minimum absolute atomic E-state index is 0.00824. The average Bonchev–Trinajstić information content (AvgIpc) is 2.32. The molecule has 0 aliphatic heterocycles. The first-order valence-corrected chi connectivity index (χ1v) is 7.39. The van der Waals surface area contributed by atoms with Gasteiger partial charge in [-0.1, -0.05) is 18.3 Å². The van der Waals surface area contributed by atoms with E-state index in [0.29, 0.717) is 0 Å². The number of thiocarbonyl (C=S) groups is 1. The molecule has 0 atom stereocenters. The maximum atomic E-state index is 11.8. The number of benzene rings is 1. The van der Waals surface area contributed by atoms with Crippen molar-refractivity contribution in [3.8, 4) is 0 Å². The summed E-state index contributed by atoms with van der Waals surface area (Å²) in [5.41, 5.74) is 4.03. The molecule has 0 fully saturated rings. The summed E-state index contributed by atoms with van der Waals surface area (Å²) in [6.07, 6.45) is 0. The lowest BCUT2D eigenvalue weighted by Crippen LogP contribution is -2.27. The Morgan fingerprint density at radius 3 is 2.55 bits per heavy atom. The highest BCUT2D eigenvalue weighted by Crippen LogP contribution is 2.18. The second kappa shape index (κ2) is 5.06. The molecule has 8 nitrogen and oxygen atoms in total. The van der Waals surface area contributed by atoms with E-state index < -0.39 is 26.9 Å². The van der Waals surface area contributed by atoms with Crippen LogP contribution in [0.5, 0.6) is 0 Å². The number of aromatic nitrogens is 2. The summed E-state index contributed by atoms with van der Waals surface area (Å²) in [5.74, 6) is -0.556. The van der Waals surface area contributed by atoms with Gasteiger partial charge in [0.05, 0.1) is 21.4 Å². The number of fused-ring (bicyclic) bond motifs is 1. The fourth-order valence-electron chi connectivity index (χ4n) is 1.71. The van der Waals surface area contributed by atoms with Gasteiger partial charge in [0.25, 0.3) is 11.1 Å². The smallest absolute Gasteiger partial charge is 0.272 e. The molecule has 2 aromatic rings. The molecule has 0 spiro atoms. The Kier molecular flexibility index (Phi) is 3.59. The van der Waals surface area contributed by atoms with Crippen LogP contribution < -0.4 is 21.6 Å². The van der Waals surface area contributed by atoms with Crippen molar-refractivity contribution in [3.63, 3.8) is 0 Å². The fraction of sp³-hybridized carbons (Fsp3) is 0.100. The number of hydrogen-bond acceptors (Lipinski definition) is 5. The predicted molar refractivity (Wildman–Crippen MR) is 79.4 cm³/mol. The van der Waals surface area contributed by atoms with E-state index in [1.807, 2.05) is 0 Å². The molecule has 5 N–H and O–H groups in total. The van der Waals surface area contributed by atoms with Gasteiger partial charge in [0.2, 0.25) is 10.0 Å². The fourth-order valence-corrected chi connectivity index (χ4v) is 3.12. The third-order valence-electron chi connectivity index (χ3n) is 2.42. The lowest BCUT2D eigenvalue weighted by atomic mass is 10.2. The number of sulfonamides is 1. The van der Waals surface area contributed by atoms with E-state index in [4.69, 9.17) is 5.73 Å². The van der Waals surface area contributed by atoms with Crippen LogP contribution in [0.3, 0.4) is 0 Å². The Bertz CT molecular complexity index is 897. The molecule has 0 radical (unpaired) electrons. The number of H-pyrrole nitrogens is 2. The molecule has 1 aromatic heterocycles. The predicted octanol–water partition coefficient (Wildman–Crippen LogP) is -0.756. The quantitative estimate of drug-likeness (QED) is 0.547. The van der Waals surface area contributed by atoms with E-state index in [1.54, 1.807) is 0 Å². The number of anilines is 1. The minimum Gasteiger partial charge on any atom is -0.392 e. The van der Waals surface area contributed by atoms with E-state index >= 15 is 0 Å². The number of rotatable bonds is 4. The van der Waals surface area contributed by atoms with Gasteiger partial charge in [0.15, 0.2) is 0 Å². The monoisotopic (exact) mass is 314 g/mol. The second-order valence-corrected chi connectivity index (χ2v) is 6.21. The molecule has 1 aromatic carbocycles. The maximum absolute atomic E-state index is 11.8. The summed E-state index contributed by atoms with van der Waals surface area (Å²) in [7, 11) is -3.84. The van der Waals surface area contributed by atoms with Gasteiger partial charge >= 0.3 is 0 Å². The maximum Gasteiger partial charge on any atom is 0.272 e. The highest BCUT2D eigenvalue weighted by molar-refractivity contribution is 7.95. The first kappa shape index (κ1) is 14.2. The zero-order valence-electron chi connectivity index (χ0n) is 9.97. The van der Waals surface area contributed by atoms with Crippen molar-refractivity contribution in [2.24, 2.45) is 5.73 Å². The molecule has 0 saturated heterocycles. The summed E-state index contributed by atoms with van der Waals surface area (Å²) < 4.78 is 25.7. The Morgan fingerprint density at radius 2 is 1.90 bits per heavy atom. The average molecular weight is 314 g/mol. The molecule has 0 aliphatic rings. The highest BCUT2D eigenvalue weighted by Gasteiger charge is 2.15. The van der Waals surface area contributed by atoms with Crippen LogP contribution in [0, 0.1) is 0 Å². The molecule has 1 heterocycles. The number of hydrogen-bond donors (Lipinski definition) is 4. The molecule has 10 heteroatoms. The molecule has 0 saturated carbocycles. The molecular formula is C10H10N4O4S2. The topological polar surface area (TPSA) is 138 Å². The van der Waals surface area contributed by atoms with Gasteiger partial charge < -0.3 is 5.73 Å². The third-order valence-corrected chi connectivity index (χ3v) is 3.97. The van der Waals surface area contributed by atoms with Gasteiger partial charge in [0, 0.05) is 0 Å². The van der Waals surface area contributed by atoms with Crippen LogP contribution in [0.15, 0.2) is 27.8 Å². The molecule has 106 valence electrons. The SMILES string of the molecule is NC(=S)CS(=O)(=O)Nc1cccc2c(=O)[nH][nH]c(=O)c12. The van der Waals surface area contributed by atoms with Crippen LogP contribution in [-0.4, -0.2) is 29.4 Å². The van der Waals surface area contributed by atoms with Crippen molar-refractivity contribution >= 4 is 43.7 Å². The van der Waals surface area contributed by atoms with Gasteiger partial charge in [-0.2, -0.15) is 0 Å². The normalized spacial score (nSPS) is 11.4. The third kappa shape index (κ3) is 2.86. The van der Waals surface area contributed by atoms with E-state index in [-0.39, 0.29) is 21.4 Å². The van der Waals surface area contributed by atoms with Crippen molar-refractivity contribution in [3.05, 3.63) is 38.9 Å². The standard InChI is InChI=1S/C10H10N4O4S2/c11-7(19)4-20(17,18)14-6-3-1-2-5-8(6)10(16)13-12-9(5)15/h1-3,14H,4H2,(H2,11,19)(H,12,15)(H,13,16). The molecular weight excluding hydrogens is 304 g/mol. The number of nitrogens with two attached hydrogens (primary N) is 1. The lowest BCUT2D eigenvalue weighted by molar-refractivity contribution is 0.605. The van der Waals surface area contributed by atoms with Crippen molar-refractivity contribution < 1.29 is 8.42 Å². The zero-order valence-corrected chi connectivity index (χ0v) is 11.6. The number of aromatic amines is 2. The van der Waals surface area contributed by atoms with Crippen LogP contribution in [0.4, 0.5) is 5.69 Å². The van der Waals surface area contributed by atoms with Crippen LogP contribution in [0.1, 0.15) is 0 Å². The summed E-state index contributed by atoms with van der Waals surface area (Å²) in [6.45, 7) is 0. The Labute approximate surface area is 118 Å². The first-order valence-electron chi connectivity index (χ1n) is 5.32. The largest absolute Gasteiger partial charge is 0.392 e. The molecule has 0 amide bonds. The number of nitrogens with one attached hydrogen (secondary N) is 3. The van der Waals surface area contributed by atoms with Gasteiger partial charge in [-0.15, -0.1) is 0 Å². The summed E-state index contributed by atoms with van der Waals surface area (Å²) in [4.78, 5) is 23.1. The van der Waals surface area contributed by atoms with Crippen LogP contribution >= 0.6 is 12.2 Å². The van der Waals surface area contributed by atoms with Gasteiger partial charge in [-0.3, -0.25) is 24.5 Å². The van der Waals surface area contributed by atoms with Crippen molar-refractivity contribution in [2.45, 2.75) is 0 Å². The minimum atomic E-state index is -3.84. The Balaban J connectivity index is 2.62. The van der Waals surface area contributed by atoms with Crippen LogP contribution in [-0.2, 0) is 10.0 Å². The zero-order chi connectivity index (χ0) is 14.9. The van der Waals surface area contributed by atoms with Crippen molar-refractivity contribution in [2.75, 3.05) is 10.5 Å². The van der Waals surface area contributed by atoms with E-state index in [9.17, 15) is 18.0 Å². The molecule has 0 bridgehead atoms. The molecule has 2 rings (SSSR count). The second-order valence-electron chi connectivity index (χ2n) is 3.96. The molecule has 0 unspecified atom stereocenters. The highest BCUT2D eigenvalue weighted by atomic mass is 32.2. The van der Waals surface area contributed by atoms with Crippen LogP contribution in [0.25, 0.3) is 10.8 Å². The molecule has 0 aliphatic carbocycles. The summed E-state index contributed by atoms with van der Waals surface area (Å²) in [6, 6.07) is 4.23.